The van der Waals surface area contributed by atoms with Crippen LogP contribution >= 0.6 is 0 Å². The molecule has 2 fully saturated rings. The SMILES string of the molecule is COc1cc(C#N)cnc1NC1CCC(Oc2nc(N3CCOCC3)cc3ncnn23)CC1. The molecule has 0 radical (unpaired) electrons. The van der Waals surface area contributed by atoms with Gasteiger partial charge in [0.1, 0.15) is 24.3 Å². The Morgan fingerprint density at radius 2 is 1.97 bits per heavy atom. The van der Waals surface area contributed by atoms with Crippen molar-refractivity contribution in [2.75, 3.05) is 43.6 Å². The monoisotopic (exact) mass is 450 g/mol. The van der Waals surface area contributed by atoms with E-state index in [4.69, 9.17) is 24.5 Å². The van der Waals surface area contributed by atoms with Crippen molar-refractivity contribution in [3.05, 3.63) is 30.2 Å². The number of nitriles is 1. The van der Waals surface area contributed by atoms with Crippen LogP contribution in [-0.2, 0) is 4.74 Å². The van der Waals surface area contributed by atoms with E-state index in [1.165, 1.54) is 6.33 Å². The van der Waals surface area contributed by atoms with E-state index in [0.717, 1.165) is 50.2 Å². The fourth-order valence-electron chi connectivity index (χ4n) is 4.26. The molecule has 1 aliphatic heterocycles. The van der Waals surface area contributed by atoms with Crippen LogP contribution in [0.15, 0.2) is 24.7 Å². The summed E-state index contributed by atoms with van der Waals surface area (Å²) < 4.78 is 18.8. The third-order valence-electron chi connectivity index (χ3n) is 6.05. The third-order valence-corrected chi connectivity index (χ3v) is 6.05. The Balaban J connectivity index is 1.24. The summed E-state index contributed by atoms with van der Waals surface area (Å²) >= 11 is 0. The lowest BCUT2D eigenvalue weighted by Gasteiger charge is -2.30. The predicted molar refractivity (Wildman–Crippen MR) is 120 cm³/mol. The molecule has 4 heterocycles. The third kappa shape index (κ3) is 4.61. The van der Waals surface area contributed by atoms with Gasteiger partial charge in [0.15, 0.2) is 17.2 Å². The van der Waals surface area contributed by atoms with Gasteiger partial charge in [-0.1, -0.05) is 0 Å². The zero-order chi connectivity index (χ0) is 22.6. The quantitative estimate of drug-likeness (QED) is 0.597. The number of fused-ring (bicyclic) bond motifs is 1. The number of nitrogens with zero attached hydrogens (tertiary/aromatic N) is 7. The number of anilines is 2. The first-order valence-electron chi connectivity index (χ1n) is 11.1. The molecule has 0 spiro atoms. The second kappa shape index (κ2) is 9.46. The number of morpholine rings is 1. The summed E-state index contributed by atoms with van der Waals surface area (Å²) in [7, 11) is 1.58. The largest absolute Gasteiger partial charge is 0.493 e. The van der Waals surface area contributed by atoms with Crippen LogP contribution in [0, 0.1) is 11.3 Å². The highest BCUT2D eigenvalue weighted by atomic mass is 16.5. The smallest absolute Gasteiger partial charge is 0.321 e. The summed E-state index contributed by atoms with van der Waals surface area (Å²) in [6.45, 7) is 2.96. The summed E-state index contributed by atoms with van der Waals surface area (Å²) in [5, 5.41) is 16.8. The molecule has 1 saturated carbocycles. The van der Waals surface area contributed by atoms with E-state index in [9.17, 15) is 0 Å². The van der Waals surface area contributed by atoms with Crippen molar-refractivity contribution in [3.8, 4) is 17.8 Å². The van der Waals surface area contributed by atoms with Gasteiger partial charge < -0.3 is 24.4 Å². The number of methoxy groups -OCH3 is 1. The molecule has 0 aromatic carbocycles. The number of aromatic nitrogens is 5. The van der Waals surface area contributed by atoms with Crippen molar-refractivity contribution in [3.63, 3.8) is 0 Å². The van der Waals surface area contributed by atoms with E-state index in [1.807, 2.05) is 6.07 Å². The van der Waals surface area contributed by atoms with E-state index >= 15 is 0 Å². The lowest BCUT2D eigenvalue weighted by Crippen LogP contribution is -2.37. The van der Waals surface area contributed by atoms with E-state index in [2.05, 4.69) is 31.4 Å². The highest BCUT2D eigenvalue weighted by molar-refractivity contribution is 5.54. The topological polar surface area (TPSA) is 123 Å². The van der Waals surface area contributed by atoms with Gasteiger partial charge in [-0.2, -0.15) is 19.9 Å². The van der Waals surface area contributed by atoms with Crippen molar-refractivity contribution in [2.45, 2.75) is 37.8 Å². The molecule has 3 aromatic heterocycles. The first-order valence-corrected chi connectivity index (χ1v) is 11.1. The first-order chi connectivity index (χ1) is 16.2. The second-order valence-electron chi connectivity index (χ2n) is 8.15. The summed E-state index contributed by atoms with van der Waals surface area (Å²) in [6.07, 6.45) is 6.69. The minimum absolute atomic E-state index is 0.0405. The molecule has 1 aliphatic carbocycles. The molecule has 11 heteroatoms. The van der Waals surface area contributed by atoms with Crippen molar-refractivity contribution in [1.29, 1.82) is 5.26 Å². The molecule has 172 valence electrons. The lowest BCUT2D eigenvalue weighted by atomic mass is 9.93. The molecule has 2 aliphatic rings. The number of pyridine rings is 1. The van der Waals surface area contributed by atoms with E-state index in [-0.39, 0.29) is 12.1 Å². The molecule has 1 N–H and O–H groups in total. The molecule has 11 nitrogen and oxygen atoms in total. The molecule has 5 rings (SSSR count). The molecular weight excluding hydrogens is 424 g/mol. The van der Waals surface area contributed by atoms with E-state index in [1.54, 1.807) is 23.9 Å². The Morgan fingerprint density at radius 1 is 1.15 bits per heavy atom. The maximum Gasteiger partial charge on any atom is 0.321 e. The van der Waals surface area contributed by atoms with E-state index < -0.39 is 0 Å². The Kier molecular flexibility index (Phi) is 6.08. The lowest BCUT2D eigenvalue weighted by molar-refractivity contribution is 0.121. The van der Waals surface area contributed by atoms with Crippen LogP contribution in [0.1, 0.15) is 31.2 Å². The van der Waals surface area contributed by atoms with Crippen LogP contribution in [0.2, 0.25) is 0 Å². The summed E-state index contributed by atoms with van der Waals surface area (Å²) in [6, 6.07) is 6.43. The van der Waals surface area contributed by atoms with Crippen LogP contribution < -0.4 is 19.7 Å². The minimum Gasteiger partial charge on any atom is -0.493 e. The second-order valence-corrected chi connectivity index (χ2v) is 8.15. The van der Waals surface area contributed by atoms with Gasteiger partial charge in [-0.25, -0.2) is 9.97 Å². The van der Waals surface area contributed by atoms with Crippen molar-refractivity contribution in [2.24, 2.45) is 0 Å². The van der Waals surface area contributed by atoms with Crippen molar-refractivity contribution >= 4 is 17.3 Å². The molecule has 0 amide bonds. The van der Waals surface area contributed by atoms with Gasteiger partial charge in [-0.05, 0) is 25.7 Å². The zero-order valence-electron chi connectivity index (χ0n) is 18.5. The van der Waals surface area contributed by atoms with Crippen LogP contribution in [0.25, 0.3) is 5.65 Å². The highest BCUT2D eigenvalue weighted by Gasteiger charge is 2.26. The van der Waals surface area contributed by atoms with Gasteiger partial charge >= 0.3 is 6.01 Å². The van der Waals surface area contributed by atoms with Crippen molar-refractivity contribution < 1.29 is 14.2 Å². The zero-order valence-corrected chi connectivity index (χ0v) is 18.5. The highest BCUT2D eigenvalue weighted by Crippen LogP contribution is 2.29. The Bertz CT molecular complexity index is 1150. The van der Waals surface area contributed by atoms with Crippen LogP contribution in [-0.4, -0.2) is 70.1 Å². The van der Waals surface area contributed by atoms with Crippen molar-refractivity contribution in [1.82, 2.24) is 24.6 Å². The molecule has 3 aromatic rings. The number of nitrogens with one attached hydrogen (secondary N) is 1. The first kappa shape index (κ1) is 21.2. The number of ether oxygens (including phenoxy) is 3. The van der Waals surface area contributed by atoms with Crippen LogP contribution in [0.3, 0.4) is 0 Å². The summed E-state index contributed by atoms with van der Waals surface area (Å²) in [4.78, 5) is 15.6. The van der Waals surface area contributed by atoms with Gasteiger partial charge in [-0.15, -0.1) is 0 Å². The normalized spacial score (nSPS) is 20.9. The Hall–Kier alpha value is -3.65. The number of hydrogen-bond acceptors (Lipinski definition) is 10. The number of hydrogen-bond donors (Lipinski definition) is 1. The van der Waals surface area contributed by atoms with E-state index in [0.29, 0.717) is 36.4 Å². The Morgan fingerprint density at radius 3 is 2.73 bits per heavy atom. The summed E-state index contributed by atoms with van der Waals surface area (Å²) in [5.74, 6) is 2.07. The average molecular weight is 451 g/mol. The fraction of sp³-hybridized carbons (Fsp3) is 0.500. The van der Waals surface area contributed by atoms with Gasteiger partial charge in [-0.3, -0.25) is 0 Å². The predicted octanol–water partition coefficient (Wildman–Crippen LogP) is 2.04. The Labute approximate surface area is 191 Å². The molecule has 33 heavy (non-hydrogen) atoms. The number of rotatable bonds is 6. The average Bonchev–Trinajstić information content (AvgIpc) is 3.35. The molecule has 0 bridgehead atoms. The van der Waals surface area contributed by atoms with Gasteiger partial charge in [0.05, 0.1) is 25.9 Å². The molecule has 1 saturated heterocycles. The fourth-order valence-corrected chi connectivity index (χ4v) is 4.26. The molecule has 0 atom stereocenters. The maximum atomic E-state index is 9.06. The standard InChI is InChI=1S/C22H26N8O3/c1-31-18-10-15(12-23)13-24-21(18)27-16-2-4-17(5-3-16)33-22-28-20(29-6-8-32-9-7-29)11-19-25-14-26-30(19)22/h10-11,13-14,16-17H,2-9H2,1H3,(H,24,27). The van der Waals surface area contributed by atoms with Gasteiger partial charge in [0, 0.05) is 37.5 Å². The van der Waals surface area contributed by atoms with Gasteiger partial charge in [0.25, 0.3) is 0 Å². The molecular formula is C22H26N8O3. The minimum atomic E-state index is 0.0405. The van der Waals surface area contributed by atoms with Crippen LogP contribution in [0.5, 0.6) is 11.8 Å². The van der Waals surface area contributed by atoms with Gasteiger partial charge in [0.2, 0.25) is 0 Å². The maximum absolute atomic E-state index is 9.06. The van der Waals surface area contributed by atoms with Crippen LogP contribution in [0.4, 0.5) is 11.6 Å². The molecule has 0 unspecified atom stereocenters. The summed E-state index contributed by atoms with van der Waals surface area (Å²) in [5.41, 5.74) is 1.19.